The molecule has 1 saturated heterocycles. The summed E-state index contributed by atoms with van der Waals surface area (Å²) in [7, 11) is 0. The summed E-state index contributed by atoms with van der Waals surface area (Å²) in [5, 5.41) is 10.3. The minimum absolute atomic E-state index is 0.0855. The molecule has 0 saturated carbocycles. The van der Waals surface area contributed by atoms with Crippen LogP contribution in [0.3, 0.4) is 0 Å². The molecule has 30 heavy (non-hydrogen) atoms. The summed E-state index contributed by atoms with van der Waals surface area (Å²) in [6, 6.07) is 7.13. The molecule has 2 aromatic rings. The van der Waals surface area contributed by atoms with Crippen molar-refractivity contribution >= 4 is 44.6 Å². The van der Waals surface area contributed by atoms with Gasteiger partial charge in [-0.15, -0.1) is 0 Å². The second-order valence-corrected chi connectivity index (χ2v) is 9.31. The lowest BCUT2D eigenvalue weighted by Gasteiger charge is -2.26. The van der Waals surface area contributed by atoms with E-state index in [4.69, 9.17) is 14.5 Å². The van der Waals surface area contributed by atoms with Crippen LogP contribution in [0.15, 0.2) is 28.7 Å². The SMILES string of the molecule is CC(C)(C)OC(=O)CCOCC1CCCN1c1cc(C(=O)O)c2ccc(Br)cc2n1. The summed E-state index contributed by atoms with van der Waals surface area (Å²) in [5.74, 6) is -0.620. The molecule has 7 nitrogen and oxygen atoms in total. The van der Waals surface area contributed by atoms with Gasteiger partial charge in [-0.25, -0.2) is 9.78 Å². The molecule has 0 amide bonds. The summed E-state index contributed by atoms with van der Waals surface area (Å²) in [6.07, 6.45) is 2.10. The van der Waals surface area contributed by atoms with Gasteiger partial charge in [0.25, 0.3) is 0 Å². The maximum absolute atomic E-state index is 11.8. The van der Waals surface area contributed by atoms with Gasteiger partial charge in [0.1, 0.15) is 11.4 Å². The molecular formula is C22H27BrN2O5. The Hall–Kier alpha value is -2.19. The fourth-order valence-electron chi connectivity index (χ4n) is 3.59. The predicted octanol–water partition coefficient (Wildman–Crippen LogP) is 4.41. The number of carboxylic acids is 1. The van der Waals surface area contributed by atoms with Gasteiger partial charge in [-0.05, 0) is 51.8 Å². The van der Waals surface area contributed by atoms with Crippen LogP contribution in [-0.2, 0) is 14.3 Å². The summed E-state index contributed by atoms with van der Waals surface area (Å²) >= 11 is 3.43. The Morgan fingerprint density at radius 1 is 1.30 bits per heavy atom. The van der Waals surface area contributed by atoms with Crippen LogP contribution in [0.1, 0.15) is 50.4 Å². The average molecular weight is 479 g/mol. The molecular weight excluding hydrogens is 452 g/mol. The van der Waals surface area contributed by atoms with Gasteiger partial charge in [0.2, 0.25) is 0 Å². The number of carbonyl (C=O) groups excluding carboxylic acids is 1. The van der Waals surface area contributed by atoms with Gasteiger partial charge in [0.15, 0.2) is 0 Å². The lowest BCUT2D eigenvalue weighted by atomic mass is 10.1. The number of aromatic carboxylic acids is 1. The molecule has 3 rings (SSSR count). The van der Waals surface area contributed by atoms with E-state index in [0.717, 1.165) is 23.9 Å². The average Bonchev–Trinajstić information content (AvgIpc) is 3.11. The first-order valence-electron chi connectivity index (χ1n) is 10.0. The highest BCUT2D eigenvalue weighted by atomic mass is 79.9. The third-order valence-corrected chi connectivity index (χ3v) is 5.33. The van der Waals surface area contributed by atoms with E-state index in [9.17, 15) is 14.7 Å². The molecule has 1 aromatic carbocycles. The Kier molecular flexibility index (Phi) is 6.98. The topological polar surface area (TPSA) is 89.0 Å². The van der Waals surface area contributed by atoms with E-state index in [0.29, 0.717) is 23.3 Å². The van der Waals surface area contributed by atoms with Crippen LogP contribution in [0, 0.1) is 0 Å². The Balaban J connectivity index is 1.68. The Bertz CT molecular complexity index is 941. The largest absolute Gasteiger partial charge is 0.478 e. The van der Waals surface area contributed by atoms with Crippen molar-refractivity contribution < 1.29 is 24.2 Å². The highest BCUT2D eigenvalue weighted by molar-refractivity contribution is 9.10. The number of carboxylic acid groups (broad SMARTS) is 1. The van der Waals surface area contributed by atoms with Crippen molar-refractivity contribution in [3.8, 4) is 0 Å². The molecule has 1 unspecified atom stereocenters. The van der Waals surface area contributed by atoms with Crippen LogP contribution >= 0.6 is 15.9 Å². The molecule has 1 atom stereocenters. The number of rotatable bonds is 7. The maximum Gasteiger partial charge on any atom is 0.336 e. The first-order chi connectivity index (χ1) is 14.1. The van der Waals surface area contributed by atoms with Crippen LogP contribution < -0.4 is 4.90 Å². The fraction of sp³-hybridized carbons (Fsp3) is 0.500. The number of ether oxygens (including phenoxy) is 2. The van der Waals surface area contributed by atoms with Crippen molar-refractivity contribution in [2.75, 3.05) is 24.7 Å². The Morgan fingerprint density at radius 2 is 2.07 bits per heavy atom. The zero-order chi connectivity index (χ0) is 21.9. The van der Waals surface area contributed by atoms with E-state index < -0.39 is 11.6 Å². The lowest BCUT2D eigenvalue weighted by molar-refractivity contribution is -0.156. The van der Waals surface area contributed by atoms with Crippen LogP contribution in [-0.4, -0.2) is 53.4 Å². The number of carbonyl (C=O) groups is 2. The van der Waals surface area contributed by atoms with Gasteiger partial charge >= 0.3 is 11.9 Å². The molecule has 0 radical (unpaired) electrons. The van der Waals surface area contributed by atoms with E-state index >= 15 is 0 Å². The number of nitrogens with zero attached hydrogens (tertiary/aromatic N) is 2. The smallest absolute Gasteiger partial charge is 0.336 e. The van der Waals surface area contributed by atoms with E-state index in [2.05, 4.69) is 20.8 Å². The molecule has 1 fully saturated rings. The first-order valence-corrected chi connectivity index (χ1v) is 10.8. The molecule has 0 bridgehead atoms. The van der Waals surface area contributed by atoms with Crippen molar-refractivity contribution in [2.45, 2.75) is 51.7 Å². The molecule has 1 N–H and O–H groups in total. The molecule has 0 spiro atoms. The maximum atomic E-state index is 11.8. The standard InChI is InChI=1S/C22H27BrN2O5/c1-22(2,3)30-20(26)8-10-29-13-15-5-4-9-25(15)19-12-17(21(27)28)16-7-6-14(23)11-18(16)24-19/h6-7,11-12,15H,4-5,8-10,13H2,1-3H3,(H,27,28). The normalized spacial score (nSPS) is 16.8. The number of anilines is 1. The van der Waals surface area contributed by atoms with E-state index in [1.165, 1.54) is 0 Å². The summed E-state index contributed by atoms with van der Waals surface area (Å²) in [6.45, 7) is 7.03. The molecule has 1 aromatic heterocycles. The quantitative estimate of drug-likeness (QED) is 0.465. The van der Waals surface area contributed by atoms with Crippen LogP contribution in [0.2, 0.25) is 0 Å². The molecule has 1 aliphatic heterocycles. The molecule has 8 heteroatoms. The van der Waals surface area contributed by atoms with E-state index in [1.807, 2.05) is 32.9 Å². The third kappa shape index (κ3) is 5.70. The second kappa shape index (κ2) is 9.31. The molecule has 1 aliphatic rings. The van der Waals surface area contributed by atoms with Crippen molar-refractivity contribution in [2.24, 2.45) is 0 Å². The predicted molar refractivity (Wildman–Crippen MR) is 118 cm³/mol. The van der Waals surface area contributed by atoms with Gasteiger partial charge in [0.05, 0.1) is 36.8 Å². The highest BCUT2D eigenvalue weighted by Gasteiger charge is 2.27. The van der Waals surface area contributed by atoms with Crippen molar-refractivity contribution in [1.29, 1.82) is 0 Å². The minimum Gasteiger partial charge on any atom is -0.478 e. The van der Waals surface area contributed by atoms with Crippen molar-refractivity contribution in [1.82, 2.24) is 4.98 Å². The summed E-state index contributed by atoms with van der Waals surface area (Å²) in [5.41, 5.74) is 0.368. The Morgan fingerprint density at radius 3 is 2.77 bits per heavy atom. The van der Waals surface area contributed by atoms with Gasteiger partial charge in [0, 0.05) is 16.4 Å². The van der Waals surface area contributed by atoms with E-state index in [-0.39, 0.29) is 30.6 Å². The van der Waals surface area contributed by atoms with Gasteiger partial charge in [-0.2, -0.15) is 0 Å². The number of halogens is 1. The van der Waals surface area contributed by atoms with Gasteiger partial charge < -0.3 is 19.5 Å². The number of esters is 1. The minimum atomic E-state index is -0.977. The van der Waals surface area contributed by atoms with Crippen LogP contribution in [0.5, 0.6) is 0 Å². The third-order valence-electron chi connectivity index (χ3n) is 4.84. The lowest BCUT2D eigenvalue weighted by Crippen LogP contribution is -2.34. The van der Waals surface area contributed by atoms with Gasteiger partial charge in [-0.1, -0.05) is 22.0 Å². The highest BCUT2D eigenvalue weighted by Crippen LogP contribution is 2.30. The van der Waals surface area contributed by atoms with E-state index in [1.54, 1.807) is 12.1 Å². The zero-order valence-electron chi connectivity index (χ0n) is 17.5. The molecule has 2 heterocycles. The van der Waals surface area contributed by atoms with Crippen LogP contribution in [0.4, 0.5) is 5.82 Å². The number of aromatic nitrogens is 1. The number of benzene rings is 1. The van der Waals surface area contributed by atoms with Crippen molar-refractivity contribution in [3.63, 3.8) is 0 Å². The zero-order valence-corrected chi connectivity index (χ0v) is 19.1. The summed E-state index contributed by atoms with van der Waals surface area (Å²) in [4.78, 5) is 30.4. The number of hydrogen-bond acceptors (Lipinski definition) is 6. The first kappa shape index (κ1) is 22.5. The second-order valence-electron chi connectivity index (χ2n) is 8.40. The number of fused-ring (bicyclic) bond motifs is 1. The Labute approximate surface area is 184 Å². The fourth-order valence-corrected chi connectivity index (χ4v) is 3.94. The summed E-state index contributed by atoms with van der Waals surface area (Å²) < 4.78 is 11.9. The molecule has 162 valence electrons. The van der Waals surface area contributed by atoms with Crippen molar-refractivity contribution in [3.05, 3.63) is 34.3 Å². The molecule has 0 aliphatic carbocycles. The number of pyridine rings is 1. The number of hydrogen-bond donors (Lipinski definition) is 1. The monoisotopic (exact) mass is 478 g/mol. The van der Waals surface area contributed by atoms with Gasteiger partial charge in [-0.3, -0.25) is 4.79 Å². The van der Waals surface area contributed by atoms with Crippen LogP contribution in [0.25, 0.3) is 10.9 Å².